The zero-order chi connectivity index (χ0) is 8.27. The van der Waals surface area contributed by atoms with Gasteiger partial charge in [0, 0.05) is 4.47 Å². The molecule has 0 saturated heterocycles. The largest absolute Gasteiger partial charge is 0.322 e. The topological polar surface area (TPSA) is 26.0 Å². The molecule has 0 fully saturated rings. The van der Waals surface area contributed by atoms with E-state index in [9.17, 15) is 4.39 Å². The monoisotopic (exact) mass is 253 g/mol. The fraction of sp³-hybridized carbons (Fsp3) is 0.250. The first-order valence-electron chi connectivity index (χ1n) is 3.31. The smallest absolute Gasteiger partial charge is 0.109 e. The van der Waals surface area contributed by atoms with Crippen LogP contribution in [-0.2, 0) is 0 Å². The summed E-state index contributed by atoms with van der Waals surface area (Å²) in [5.41, 5.74) is 6.30. The highest BCUT2D eigenvalue weighted by Crippen LogP contribution is 2.21. The lowest BCUT2D eigenvalue weighted by Gasteiger charge is -2.08. The molecule has 0 amide bonds. The molecular weight excluding hydrogens is 244 g/mol. The van der Waals surface area contributed by atoms with Gasteiger partial charge in [0.1, 0.15) is 6.67 Å². The molecule has 4 heteroatoms. The van der Waals surface area contributed by atoms with Crippen molar-refractivity contribution in [3.8, 4) is 0 Å². The summed E-state index contributed by atoms with van der Waals surface area (Å²) in [6.07, 6.45) is 0. The molecule has 0 bridgehead atoms. The van der Waals surface area contributed by atoms with Crippen molar-refractivity contribution in [3.63, 3.8) is 0 Å². The first-order valence-corrected chi connectivity index (χ1v) is 4.11. The van der Waals surface area contributed by atoms with Crippen molar-refractivity contribution < 1.29 is 4.39 Å². The summed E-state index contributed by atoms with van der Waals surface area (Å²) in [5, 5.41) is 0. The van der Waals surface area contributed by atoms with E-state index in [1.807, 2.05) is 24.3 Å². The highest BCUT2D eigenvalue weighted by atomic mass is 79.9. The summed E-state index contributed by atoms with van der Waals surface area (Å²) in [6.45, 7) is -0.525. The van der Waals surface area contributed by atoms with Gasteiger partial charge in [-0.2, -0.15) is 0 Å². The molecule has 0 spiro atoms. The molecule has 1 atom stereocenters. The summed E-state index contributed by atoms with van der Waals surface area (Å²) in [6, 6.07) is 6.87. The number of hydrogen-bond donors (Lipinski definition) is 1. The molecule has 0 aliphatic heterocycles. The van der Waals surface area contributed by atoms with Crippen molar-refractivity contribution in [2.75, 3.05) is 6.67 Å². The van der Waals surface area contributed by atoms with E-state index in [0.717, 1.165) is 10.0 Å². The Hall–Kier alpha value is -0.120. The highest BCUT2D eigenvalue weighted by Gasteiger charge is 2.07. The van der Waals surface area contributed by atoms with E-state index in [-0.39, 0.29) is 12.4 Å². The van der Waals surface area contributed by atoms with Gasteiger partial charge in [0.15, 0.2) is 0 Å². The van der Waals surface area contributed by atoms with E-state index in [1.165, 1.54) is 0 Å². The van der Waals surface area contributed by atoms with Gasteiger partial charge < -0.3 is 5.73 Å². The number of rotatable bonds is 2. The quantitative estimate of drug-likeness (QED) is 0.863. The Balaban J connectivity index is 0.00000121. The SMILES string of the molecule is Cl.N[C@H](CF)c1ccccc1Br. The van der Waals surface area contributed by atoms with E-state index in [1.54, 1.807) is 0 Å². The standard InChI is InChI=1S/C8H9BrFN.ClH/c9-7-4-2-1-3-6(7)8(11)5-10;/h1-4,8H,5,11H2;1H/t8-;/m1./s1. The molecule has 2 N–H and O–H groups in total. The molecule has 0 aliphatic carbocycles. The highest BCUT2D eigenvalue weighted by molar-refractivity contribution is 9.10. The van der Waals surface area contributed by atoms with Gasteiger partial charge in [-0.25, -0.2) is 4.39 Å². The van der Waals surface area contributed by atoms with Gasteiger partial charge in [-0.15, -0.1) is 12.4 Å². The third-order valence-electron chi connectivity index (χ3n) is 1.47. The average molecular weight is 255 g/mol. The number of benzene rings is 1. The molecule has 0 aliphatic rings. The lowest BCUT2D eigenvalue weighted by Crippen LogP contribution is -2.12. The Kier molecular flexibility index (Phi) is 5.46. The van der Waals surface area contributed by atoms with Crippen LogP contribution >= 0.6 is 28.3 Å². The van der Waals surface area contributed by atoms with Crippen molar-refractivity contribution in [1.82, 2.24) is 0 Å². The molecule has 1 aromatic carbocycles. The Morgan fingerprint density at radius 3 is 2.50 bits per heavy atom. The van der Waals surface area contributed by atoms with Crippen LogP contribution in [0.15, 0.2) is 28.7 Å². The van der Waals surface area contributed by atoms with Crippen LogP contribution in [0.2, 0.25) is 0 Å². The van der Waals surface area contributed by atoms with Crippen LogP contribution in [0.1, 0.15) is 11.6 Å². The normalized spacial score (nSPS) is 11.9. The van der Waals surface area contributed by atoms with Gasteiger partial charge in [0.2, 0.25) is 0 Å². The third kappa shape index (κ3) is 2.73. The molecule has 12 heavy (non-hydrogen) atoms. The molecule has 0 unspecified atom stereocenters. The van der Waals surface area contributed by atoms with Crippen LogP contribution in [0.5, 0.6) is 0 Å². The minimum Gasteiger partial charge on any atom is -0.322 e. The second-order valence-electron chi connectivity index (χ2n) is 2.28. The van der Waals surface area contributed by atoms with E-state index in [0.29, 0.717) is 0 Å². The van der Waals surface area contributed by atoms with Crippen LogP contribution in [0.3, 0.4) is 0 Å². The molecule has 0 radical (unpaired) electrons. The van der Waals surface area contributed by atoms with E-state index < -0.39 is 12.7 Å². The summed E-state index contributed by atoms with van der Waals surface area (Å²) in [5.74, 6) is 0. The van der Waals surface area contributed by atoms with Gasteiger partial charge in [-0.1, -0.05) is 34.1 Å². The van der Waals surface area contributed by atoms with Gasteiger partial charge in [-0.05, 0) is 11.6 Å². The second-order valence-corrected chi connectivity index (χ2v) is 3.14. The first kappa shape index (κ1) is 11.9. The van der Waals surface area contributed by atoms with Crippen LogP contribution in [-0.4, -0.2) is 6.67 Å². The predicted molar refractivity (Wildman–Crippen MR) is 54.3 cm³/mol. The summed E-state index contributed by atoms with van der Waals surface area (Å²) in [7, 11) is 0. The van der Waals surface area contributed by atoms with Crippen LogP contribution in [0, 0.1) is 0 Å². The van der Waals surface area contributed by atoms with Crippen LogP contribution in [0.4, 0.5) is 4.39 Å². The number of hydrogen-bond acceptors (Lipinski definition) is 1. The number of alkyl halides is 1. The molecule has 1 nitrogen and oxygen atoms in total. The summed E-state index contributed by atoms with van der Waals surface area (Å²) >= 11 is 3.29. The van der Waals surface area contributed by atoms with Gasteiger partial charge in [-0.3, -0.25) is 0 Å². The molecular formula is C8H10BrClFN. The average Bonchev–Trinajstić information content (AvgIpc) is 2.04. The van der Waals surface area contributed by atoms with Crippen molar-refractivity contribution >= 4 is 28.3 Å². The predicted octanol–water partition coefficient (Wildman–Crippen LogP) is 2.84. The van der Waals surface area contributed by atoms with E-state index >= 15 is 0 Å². The third-order valence-corrected chi connectivity index (χ3v) is 2.19. The number of nitrogens with two attached hydrogens (primary N) is 1. The molecule has 0 aromatic heterocycles. The Morgan fingerprint density at radius 2 is 2.00 bits per heavy atom. The Labute approximate surface area is 85.7 Å². The van der Waals surface area contributed by atoms with Gasteiger partial charge >= 0.3 is 0 Å². The zero-order valence-electron chi connectivity index (χ0n) is 6.34. The minimum absolute atomic E-state index is 0. The molecule has 68 valence electrons. The maximum atomic E-state index is 12.1. The molecule has 1 aromatic rings. The maximum absolute atomic E-state index is 12.1. The minimum atomic E-state index is -0.525. The fourth-order valence-electron chi connectivity index (χ4n) is 0.859. The Bertz CT molecular complexity index is 244. The number of halogens is 3. The zero-order valence-corrected chi connectivity index (χ0v) is 8.74. The van der Waals surface area contributed by atoms with E-state index in [2.05, 4.69) is 15.9 Å². The van der Waals surface area contributed by atoms with Crippen molar-refractivity contribution in [3.05, 3.63) is 34.3 Å². The van der Waals surface area contributed by atoms with Crippen LogP contribution in [0.25, 0.3) is 0 Å². The summed E-state index contributed by atoms with van der Waals surface area (Å²) < 4.78 is 13.0. The molecule has 0 saturated carbocycles. The van der Waals surface area contributed by atoms with Crippen molar-refractivity contribution in [2.24, 2.45) is 5.73 Å². The fourth-order valence-corrected chi connectivity index (χ4v) is 1.44. The maximum Gasteiger partial charge on any atom is 0.109 e. The lowest BCUT2D eigenvalue weighted by atomic mass is 10.1. The van der Waals surface area contributed by atoms with E-state index in [4.69, 9.17) is 5.73 Å². The van der Waals surface area contributed by atoms with Crippen molar-refractivity contribution in [1.29, 1.82) is 0 Å². The second kappa shape index (κ2) is 5.51. The van der Waals surface area contributed by atoms with Gasteiger partial charge in [0.25, 0.3) is 0 Å². The molecule has 1 rings (SSSR count). The Morgan fingerprint density at radius 1 is 1.42 bits per heavy atom. The van der Waals surface area contributed by atoms with Crippen LogP contribution < -0.4 is 5.73 Å². The first-order chi connectivity index (χ1) is 5.25. The van der Waals surface area contributed by atoms with Crippen molar-refractivity contribution in [2.45, 2.75) is 6.04 Å². The molecule has 0 heterocycles. The summed E-state index contributed by atoms with van der Waals surface area (Å²) in [4.78, 5) is 0. The van der Waals surface area contributed by atoms with Gasteiger partial charge in [0.05, 0.1) is 6.04 Å². The lowest BCUT2D eigenvalue weighted by molar-refractivity contribution is 0.436.